The number of primary amides is 1. The van der Waals surface area contributed by atoms with Crippen molar-refractivity contribution in [1.29, 1.82) is 0 Å². The van der Waals surface area contributed by atoms with E-state index >= 15 is 0 Å². The zero-order valence-corrected chi connectivity index (χ0v) is 12.1. The summed E-state index contributed by atoms with van der Waals surface area (Å²) in [5.41, 5.74) is 5.76. The number of carbonyl (C=O) groups is 3. The zero-order valence-electron chi connectivity index (χ0n) is 11.3. The van der Waals surface area contributed by atoms with E-state index in [1.54, 1.807) is 13.0 Å². The molecule has 0 unspecified atom stereocenters. The van der Waals surface area contributed by atoms with Gasteiger partial charge in [-0.3, -0.25) is 9.59 Å². The third kappa shape index (κ3) is 2.79. The van der Waals surface area contributed by atoms with Gasteiger partial charge in [0.25, 0.3) is 11.8 Å². The van der Waals surface area contributed by atoms with Crippen LogP contribution >= 0.6 is 11.3 Å². The highest BCUT2D eigenvalue weighted by Crippen LogP contribution is 2.33. The van der Waals surface area contributed by atoms with Crippen LogP contribution in [0.1, 0.15) is 36.1 Å². The number of hydrogen-bond donors (Lipinski definition) is 2. The van der Waals surface area contributed by atoms with E-state index in [0.29, 0.717) is 5.56 Å². The van der Waals surface area contributed by atoms with Gasteiger partial charge >= 0.3 is 5.97 Å². The normalized spacial score (nSPS) is 10.2. The Kier molecular flexibility index (Phi) is 4.08. The lowest BCUT2D eigenvalue weighted by Gasteiger charge is -2.02. The molecule has 2 aromatic rings. The molecule has 8 heteroatoms. The summed E-state index contributed by atoms with van der Waals surface area (Å²) in [7, 11) is 1.23. The van der Waals surface area contributed by atoms with E-state index in [-0.39, 0.29) is 21.2 Å². The lowest BCUT2D eigenvalue weighted by atomic mass is 10.1. The fourth-order valence-electron chi connectivity index (χ4n) is 1.76. The lowest BCUT2D eigenvalue weighted by molar-refractivity contribution is 0.0605. The molecule has 0 saturated carbocycles. The maximum Gasteiger partial charge on any atom is 0.348 e. The average molecular weight is 308 g/mol. The molecule has 0 aliphatic heterocycles. The SMILES string of the molecule is COC(=O)c1sc(NC(=O)c2ccco2)c(C(N)=O)c1C. The molecule has 0 atom stereocenters. The molecule has 110 valence electrons. The van der Waals surface area contributed by atoms with E-state index in [9.17, 15) is 14.4 Å². The van der Waals surface area contributed by atoms with Crippen LogP contribution in [0.25, 0.3) is 0 Å². The van der Waals surface area contributed by atoms with E-state index < -0.39 is 17.8 Å². The average Bonchev–Trinajstić information content (AvgIpc) is 3.06. The van der Waals surface area contributed by atoms with Gasteiger partial charge in [-0.05, 0) is 24.6 Å². The van der Waals surface area contributed by atoms with Crippen molar-refractivity contribution in [2.24, 2.45) is 5.73 Å². The molecule has 3 N–H and O–H groups in total. The minimum atomic E-state index is -0.742. The van der Waals surface area contributed by atoms with Gasteiger partial charge in [0.2, 0.25) is 0 Å². The van der Waals surface area contributed by atoms with Gasteiger partial charge in [0.15, 0.2) is 5.76 Å². The summed E-state index contributed by atoms with van der Waals surface area (Å²) in [6.45, 7) is 1.56. The molecule has 0 saturated heterocycles. The summed E-state index contributed by atoms with van der Waals surface area (Å²) in [5.74, 6) is -1.80. The number of nitrogens with one attached hydrogen (secondary N) is 1. The molecule has 21 heavy (non-hydrogen) atoms. The quantitative estimate of drug-likeness (QED) is 0.836. The van der Waals surface area contributed by atoms with Crippen LogP contribution in [-0.4, -0.2) is 24.9 Å². The third-order valence-electron chi connectivity index (χ3n) is 2.74. The molecular formula is C13H12N2O5S. The summed E-state index contributed by atoms with van der Waals surface area (Å²) in [6.07, 6.45) is 1.35. The number of anilines is 1. The van der Waals surface area contributed by atoms with Gasteiger partial charge in [0.05, 0.1) is 18.9 Å². The van der Waals surface area contributed by atoms with Gasteiger partial charge in [0.1, 0.15) is 9.88 Å². The Bertz CT molecular complexity index is 702. The second-order valence-corrected chi connectivity index (χ2v) is 5.07. The Morgan fingerprint density at radius 2 is 2.10 bits per heavy atom. The third-order valence-corrected chi connectivity index (χ3v) is 3.92. The Hall–Kier alpha value is -2.61. The van der Waals surface area contributed by atoms with Crippen molar-refractivity contribution in [3.05, 3.63) is 40.2 Å². The van der Waals surface area contributed by atoms with E-state index in [1.165, 1.54) is 19.4 Å². The summed E-state index contributed by atoms with van der Waals surface area (Å²) >= 11 is 0.924. The predicted octanol–water partition coefficient (Wildman–Crippen LogP) is 1.79. The molecule has 0 bridgehead atoms. The fourth-order valence-corrected chi connectivity index (χ4v) is 2.88. The highest BCUT2D eigenvalue weighted by Gasteiger charge is 2.25. The molecular weight excluding hydrogens is 296 g/mol. The summed E-state index contributed by atoms with van der Waals surface area (Å²) < 4.78 is 9.59. The highest BCUT2D eigenvalue weighted by atomic mass is 32.1. The van der Waals surface area contributed by atoms with E-state index in [2.05, 4.69) is 10.1 Å². The molecule has 0 aliphatic rings. The lowest BCUT2D eigenvalue weighted by Crippen LogP contribution is -2.17. The minimum absolute atomic E-state index is 0.0797. The van der Waals surface area contributed by atoms with Crippen molar-refractivity contribution in [1.82, 2.24) is 0 Å². The summed E-state index contributed by atoms with van der Waals surface area (Å²) in [4.78, 5) is 35.3. The number of rotatable bonds is 4. The van der Waals surface area contributed by atoms with Crippen LogP contribution in [0.4, 0.5) is 5.00 Å². The van der Waals surface area contributed by atoms with Crippen molar-refractivity contribution in [2.75, 3.05) is 12.4 Å². The molecule has 7 nitrogen and oxygen atoms in total. The van der Waals surface area contributed by atoms with E-state index in [4.69, 9.17) is 10.2 Å². The number of thiophene rings is 1. The molecule has 2 heterocycles. The van der Waals surface area contributed by atoms with Crippen LogP contribution in [-0.2, 0) is 4.74 Å². The van der Waals surface area contributed by atoms with Crippen LogP contribution < -0.4 is 11.1 Å². The molecule has 2 rings (SSSR count). The molecule has 0 aliphatic carbocycles. The molecule has 0 radical (unpaired) electrons. The van der Waals surface area contributed by atoms with Crippen molar-refractivity contribution in [3.63, 3.8) is 0 Å². The Labute approximate surface area is 123 Å². The first kappa shape index (κ1) is 14.8. The number of hydrogen-bond acceptors (Lipinski definition) is 6. The zero-order chi connectivity index (χ0) is 15.6. The monoisotopic (exact) mass is 308 g/mol. The van der Waals surface area contributed by atoms with Crippen LogP contribution in [0.3, 0.4) is 0 Å². The van der Waals surface area contributed by atoms with Gasteiger partial charge in [-0.2, -0.15) is 0 Å². The molecule has 0 aromatic carbocycles. The molecule has 0 fully saturated rings. The largest absolute Gasteiger partial charge is 0.465 e. The smallest absolute Gasteiger partial charge is 0.348 e. The van der Waals surface area contributed by atoms with Gasteiger partial charge in [-0.1, -0.05) is 0 Å². The van der Waals surface area contributed by atoms with Crippen LogP contribution in [0.2, 0.25) is 0 Å². The first-order valence-corrected chi connectivity index (χ1v) is 6.63. The molecule has 0 spiro atoms. The van der Waals surface area contributed by atoms with Crippen LogP contribution in [0.15, 0.2) is 22.8 Å². The number of nitrogens with two attached hydrogens (primary N) is 1. The maximum absolute atomic E-state index is 11.9. The van der Waals surface area contributed by atoms with Gasteiger partial charge in [-0.25, -0.2) is 4.79 Å². The second kappa shape index (κ2) is 5.80. The van der Waals surface area contributed by atoms with Crippen molar-refractivity contribution in [3.8, 4) is 0 Å². The standard InChI is InChI=1S/C13H12N2O5S/c1-6-8(10(14)16)12(21-9(6)13(18)19-2)15-11(17)7-4-3-5-20-7/h3-5H,1-2H3,(H2,14,16)(H,15,17). The number of amides is 2. The Morgan fingerprint density at radius 3 is 2.62 bits per heavy atom. The van der Waals surface area contributed by atoms with Crippen LogP contribution in [0.5, 0.6) is 0 Å². The number of furan rings is 1. The molecule has 2 aromatic heterocycles. The maximum atomic E-state index is 11.9. The van der Waals surface area contributed by atoms with Gasteiger partial charge in [0, 0.05) is 0 Å². The van der Waals surface area contributed by atoms with Crippen molar-refractivity contribution in [2.45, 2.75) is 6.92 Å². The fraction of sp³-hybridized carbons (Fsp3) is 0.154. The molecule has 2 amide bonds. The van der Waals surface area contributed by atoms with E-state index in [0.717, 1.165) is 11.3 Å². The van der Waals surface area contributed by atoms with Crippen molar-refractivity contribution >= 4 is 34.1 Å². The second-order valence-electron chi connectivity index (χ2n) is 4.05. The number of carbonyl (C=O) groups excluding carboxylic acids is 3. The number of ether oxygens (including phenoxy) is 1. The van der Waals surface area contributed by atoms with E-state index in [1.807, 2.05) is 0 Å². The van der Waals surface area contributed by atoms with Gasteiger partial charge in [-0.15, -0.1) is 11.3 Å². The van der Waals surface area contributed by atoms with Gasteiger partial charge < -0.3 is 20.2 Å². The highest BCUT2D eigenvalue weighted by molar-refractivity contribution is 7.18. The topological polar surface area (TPSA) is 112 Å². The minimum Gasteiger partial charge on any atom is -0.465 e. The van der Waals surface area contributed by atoms with Crippen LogP contribution in [0, 0.1) is 6.92 Å². The predicted molar refractivity (Wildman–Crippen MR) is 75.6 cm³/mol. The Balaban J connectivity index is 2.41. The van der Waals surface area contributed by atoms with Crippen molar-refractivity contribution < 1.29 is 23.5 Å². The summed E-state index contributed by atoms with van der Waals surface area (Å²) in [6, 6.07) is 3.03. The Morgan fingerprint density at radius 1 is 1.38 bits per heavy atom. The summed E-state index contributed by atoms with van der Waals surface area (Å²) in [5, 5.41) is 2.69. The number of esters is 1. The first-order chi connectivity index (χ1) is 9.95. The number of methoxy groups -OCH3 is 1. The first-order valence-electron chi connectivity index (χ1n) is 5.82.